The minimum absolute atomic E-state index is 0.208. The Morgan fingerprint density at radius 3 is 2.52 bits per heavy atom. The van der Waals surface area contributed by atoms with Gasteiger partial charge in [0, 0.05) is 10.8 Å². The van der Waals surface area contributed by atoms with Gasteiger partial charge in [-0.25, -0.2) is 0 Å². The molecule has 0 spiro atoms. The van der Waals surface area contributed by atoms with Gasteiger partial charge in [-0.3, -0.25) is 11.3 Å². The van der Waals surface area contributed by atoms with Crippen molar-refractivity contribution >= 4 is 11.3 Å². The van der Waals surface area contributed by atoms with Gasteiger partial charge in [-0.2, -0.15) is 0 Å². The average Bonchev–Trinajstić information content (AvgIpc) is 2.98. The first-order valence-corrected chi connectivity index (χ1v) is 8.71. The van der Waals surface area contributed by atoms with Crippen LogP contribution < -0.4 is 11.3 Å². The zero-order valence-electron chi connectivity index (χ0n) is 12.8. The van der Waals surface area contributed by atoms with Gasteiger partial charge in [0.1, 0.15) is 0 Å². The summed E-state index contributed by atoms with van der Waals surface area (Å²) in [6.07, 6.45) is 3.71. The largest absolute Gasteiger partial charge is 0.271 e. The molecule has 0 radical (unpaired) electrons. The highest BCUT2D eigenvalue weighted by Crippen LogP contribution is 2.42. The number of nitrogens with one attached hydrogen (secondary N) is 1. The van der Waals surface area contributed by atoms with Crippen molar-refractivity contribution in [3.05, 3.63) is 57.3 Å². The maximum Gasteiger partial charge on any atom is 0.0528 e. The van der Waals surface area contributed by atoms with Crippen LogP contribution in [0.15, 0.2) is 35.7 Å². The van der Waals surface area contributed by atoms with Crippen molar-refractivity contribution in [2.45, 2.75) is 51.0 Å². The van der Waals surface area contributed by atoms with E-state index in [0.29, 0.717) is 11.8 Å². The van der Waals surface area contributed by atoms with Crippen LogP contribution in [0, 0.1) is 0 Å². The number of fused-ring (bicyclic) bond motifs is 1. The Kier molecular flexibility index (Phi) is 4.43. The summed E-state index contributed by atoms with van der Waals surface area (Å²) in [4.78, 5) is 1.55. The molecule has 1 heterocycles. The van der Waals surface area contributed by atoms with E-state index in [9.17, 15) is 0 Å². The molecule has 0 amide bonds. The molecule has 3 N–H and O–H groups in total. The van der Waals surface area contributed by atoms with E-state index >= 15 is 0 Å². The smallest absolute Gasteiger partial charge is 0.0528 e. The van der Waals surface area contributed by atoms with Crippen molar-refractivity contribution < 1.29 is 0 Å². The van der Waals surface area contributed by atoms with Gasteiger partial charge in [0.25, 0.3) is 0 Å². The Hall–Kier alpha value is -1.16. The predicted octanol–water partition coefficient (Wildman–Crippen LogP) is 4.50. The summed E-state index contributed by atoms with van der Waals surface area (Å²) in [5.41, 5.74) is 7.25. The fourth-order valence-corrected chi connectivity index (χ4v) is 4.40. The van der Waals surface area contributed by atoms with Gasteiger partial charge in [-0.1, -0.05) is 38.1 Å². The molecule has 0 bridgehead atoms. The molecule has 1 aromatic carbocycles. The highest BCUT2D eigenvalue weighted by Gasteiger charge is 2.29. The van der Waals surface area contributed by atoms with Gasteiger partial charge < -0.3 is 0 Å². The van der Waals surface area contributed by atoms with Crippen LogP contribution in [0.25, 0.3) is 0 Å². The minimum atomic E-state index is 0.208. The second-order valence-electron chi connectivity index (χ2n) is 6.26. The van der Waals surface area contributed by atoms with Crippen molar-refractivity contribution in [1.82, 2.24) is 5.43 Å². The Morgan fingerprint density at radius 1 is 1.14 bits per heavy atom. The van der Waals surface area contributed by atoms with Gasteiger partial charge in [0.05, 0.1) is 6.04 Å². The van der Waals surface area contributed by atoms with Crippen LogP contribution in [0.5, 0.6) is 0 Å². The van der Waals surface area contributed by atoms with Crippen molar-refractivity contribution in [2.24, 2.45) is 5.84 Å². The monoisotopic (exact) mass is 300 g/mol. The van der Waals surface area contributed by atoms with Crippen LogP contribution in [0.3, 0.4) is 0 Å². The topological polar surface area (TPSA) is 38.0 Å². The third-order valence-corrected chi connectivity index (χ3v) is 5.64. The van der Waals surface area contributed by atoms with E-state index in [2.05, 4.69) is 55.0 Å². The minimum Gasteiger partial charge on any atom is -0.271 e. The number of rotatable bonds is 4. The predicted molar refractivity (Wildman–Crippen MR) is 90.6 cm³/mol. The first kappa shape index (κ1) is 14.8. The normalized spacial score (nSPS) is 19.5. The lowest BCUT2D eigenvalue weighted by Gasteiger charge is -2.30. The van der Waals surface area contributed by atoms with Crippen LogP contribution in [0.4, 0.5) is 0 Å². The van der Waals surface area contributed by atoms with E-state index in [4.69, 9.17) is 5.84 Å². The number of benzene rings is 1. The summed E-state index contributed by atoms with van der Waals surface area (Å²) in [6, 6.07) is 11.4. The fraction of sp³-hybridized carbons (Fsp3) is 0.444. The van der Waals surface area contributed by atoms with Gasteiger partial charge >= 0.3 is 0 Å². The second-order valence-corrected chi connectivity index (χ2v) is 7.26. The lowest BCUT2D eigenvalue weighted by molar-refractivity contribution is 0.410. The van der Waals surface area contributed by atoms with Crippen LogP contribution in [0.1, 0.15) is 66.1 Å². The summed E-state index contributed by atoms with van der Waals surface area (Å²) in [5.74, 6) is 6.98. The zero-order valence-corrected chi connectivity index (χ0v) is 13.6. The molecule has 0 fully saturated rings. The molecule has 1 aliphatic carbocycles. The molecule has 3 heteroatoms. The van der Waals surface area contributed by atoms with E-state index in [1.165, 1.54) is 36.0 Å². The summed E-state index contributed by atoms with van der Waals surface area (Å²) < 4.78 is 0. The standard InChI is InChI=1S/C18H24N2S/c1-12(2)13-6-8-14(9-7-13)18(20-19)16-4-3-5-17-15(16)10-11-21-17/h6-12,16,18,20H,3-5,19H2,1-2H3. The Labute approximate surface area is 131 Å². The maximum atomic E-state index is 5.91. The molecule has 112 valence electrons. The molecule has 2 unspecified atom stereocenters. The van der Waals surface area contributed by atoms with Crippen LogP contribution in [-0.2, 0) is 6.42 Å². The van der Waals surface area contributed by atoms with Crippen molar-refractivity contribution in [3.63, 3.8) is 0 Å². The number of hydrogen-bond donors (Lipinski definition) is 2. The molecule has 0 saturated heterocycles. The van der Waals surface area contributed by atoms with Crippen LogP contribution in [-0.4, -0.2) is 0 Å². The summed E-state index contributed by atoms with van der Waals surface area (Å²) in [7, 11) is 0. The van der Waals surface area contributed by atoms with E-state index in [1.807, 2.05) is 11.3 Å². The molecule has 2 aromatic rings. The zero-order chi connectivity index (χ0) is 14.8. The number of aryl methyl sites for hydroxylation is 1. The second kappa shape index (κ2) is 6.30. The summed E-state index contributed by atoms with van der Waals surface area (Å²) in [6.45, 7) is 4.46. The third-order valence-electron chi connectivity index (χ3n) is 4.64. The van der Waals surface area contributed by atoms with Gasteiger partial charge in [-0.15, -0.1) is 11.3 Å². The number of hydrazine groups is 1. The first-order valence-electron chi connectivity index (χ1n) is 7.83. The molecule has 0 saturated carbocycles. The van der Waals surface area contributed by atoms with Crippen LogP contribution >= 0.6 is 11.3 Å². The van der Waals surface area contributed by atoms with E-state index < -0.39 is 0 Å². The van der Waals surface area contributed by atoms with E-state index in [-0.39, 0.29) is 6.04 Å². The average molecular weight is 300 g/mol. The van der Waals surface area contributed by atoms with Crippen LogP contribution in [0.2, 0.25) is 0 Å². The highest BCUT2D eigenvalue weighted by atomic mass is 32.1. The van der Waals surface area contributed by atoms with Crippen molar-refractivity contribution in [1.29, 1.82) is 0 Å². The lowest BCUT2D eigenvalue weighted by atomic mass is 9.80. The van der Waals surface area contributed by atoms with E-state index in [1.54, 1.807) is 4.88 Å². The summed E-state index contributed by atoms with van der Waals surface area (Å²) in [5, 5.41) is 2.22. The van der Waals surface area contributed by atoms with Gasteiger partial charge in [0.15, 0.2) is 0 Å². The third kappa shape index (κ3) is 2.91. The van der Waals surface area contributed by atoms with Gasteiger partial charge in [0.2, 0.25) is 0 Å². The molecule has 1 aromatic heterocycles. The Morgan fingerprint density at radius 2 is 1.86 bits per heavy atom. The Balaban J connectivity index is 1.89. The molecule has 2 nitrogen and oxygen atoms in total. The number of thiophene rings is 1. The lowest BCUT2D eigenvalue weighted by Crippen LogP contribution is -2.33. The molecular weight excluding hydrogens is 276 g/mol. The highest BCUT2D eigenvalue weighted by molar-refractivity contribution is 7.10. The Bertz CT molecular complexity index is 586. The molecular formula is C18H24N2S. The quantitative estimate of drug-likeness (QED) is 0.644. The molecule has 2 atom stereocenters. The van der Waals surface area contributed by atoms with Crippen molar-refractivity contribution in [2.75, 3.05) is 0 Å². The van der Waals surface area contributed by atoms with E-state index in [0.717, 1.165) is 0 Å². The molecule has 21 heavy (non-hydrogen) atoms. The maximum absolute atomic E-state index is 5.91. The summed E-state index contributed by atoms with van der Waals surface area (Å²) >= 11 is 1.89. The number of nitrogens with two attached hydrogens (primary N) is 1. The molecule has 0 aliphatic heterocycles. The SMILES string of the molecule is CC(C)c1ccc(C(NN)C2CCCc3sccc32)cc1. The fourth-order valence-electron chi connectivity index (χ4n) is 3.40. The molecule has 1 aliphatic rings. The van der Waals surface area contributed by atoms with Crippen molar-refractivity contribution in [3.8, 4) is 0 Å². The van der Waals surface area contributed by atoms with Gasteiger partial charge in [-0.05, 0) is 53.3 Å². The number of hydrogen-bond acceptors (Lipinski definition) is 3. The first-order chi connectivity index (χ1) is 10.2. The molecule has 3 rings (SSSR count).